The van der Waals surface area contributed by atoms with Crippen LogP contribution in [0.1, 0.15) is 9.67 Å². The summed E-state index contributed by atoms with van der Waals surface area (Å²) in [5.41, 5.74) is 0. The van der Waals surface area contributed by atoms with Crippen molar-refractivity contribution in [3.63, 3.8) is 0 Å². The van der Waals surface area contributed by atoms with Gasteiger partial charge >= 0.3 is 0 Å². The Kier molecular flexibility index (Phi) is 4.28. The zero-order chi connectivity index (χ0) is 15.6. The third-order valence-corrected chi connectivity index (χ3v) is 6.41. The minimum absolute atomic E-state index is 0.0215. The normalized spacial score (nSPS) is 16.6. The summed E-state index contributed by atoms with van der Waals surface area (Å²) in [6.07, 6.45) is 0. The second-order valence-corrected chi connectivity index (χ2v) is 7.87. The summed E-state index contributed by atoms with van der Waals surface area (Å²) in [5.74, 6) is -0.0215. The van der Waals surface area contributed by atoms with Crippen LogP contribution in [0.5, 0.6) is 0 Å². The van der Waals surface area contributed by atoms with E-state index < -0.39 is 10.0 Å². The van der Waals surface area contributed by atoms with Crippen LogP contribution in [0.3, 0.4) is 0 Å². The van der Waals surface area contributed by atoms with E-state index in [9.17, 15) is 13.2 Å². The van der Waals surface area contributed by atoms with Crippen molar-refractivity contribution in [2.45, 2.75) is 4.90 Å². The Morgan fingerprint density at radius 2 is 1.64 bits per heavy atom. The first kappa shape index (κ1) is 15.2. The average Bonchev–Trinajstić information content (AvgIpc) is 3.09. The summed E-state index contributed by atoms with van der Waals surface area (Å²) in [6.45, 7) is 1.49. The molecule has 1 aliphatic heterocycles. The first-order valence-electron chi connectivity index (χ1n) is 6.97. The standard InChI is InChI=1S/C15H16N2O3S2/c18-15(14-7-4-12-21-14)16-8-10-17(11-9-16)22(19,20)13-5-2-1-3-6-13/h1-7,12H,8-11H2. The summed E-state index contributed by atoms with van der Waals surface area (Å²) < 4.78 is 26.5. The lowest BCUT2D eigenvalue weighted by molar-refractivity contribution is 0.0703. The predicted octanol–water partition coefficient (Wildman–Crippen LogP) is 1.89. The van der Waals surface area contributed by atoms with Crippen LogP contribution < -0.4 is 0 Å². The fourth-order valence-electron chi connectivity index (χ4n) is 2.43. The average molecular weight is 336 g/mol. The highest BCUT2D eigenvalue weighted by atomic mass is 32.2. The van der Waals surface area contributed by atoms with Crippen molar-refractivity contribution in [2.75, 3.05) is 26.2 Å². The van der Waals surface area contributed by atoms with Crippen molar-refractivity contribution >= 4 is 27.3 Å². The van der Waals surface area contributed by atoms with Crippen LogP contribution in [-0.4, -0.2) is 49.7 Å². The molecule has 0 N–H and O–H groups in total. The lowest BCUT2D eigenvalue weighted by Gasteiger charge is -2.33. The third-order valence-electron chi connectivity index (χ3n) is 3.64. The molecule has 5 nitrogen and oxygen atoms in total. The second-order valence-electron chi connectivity index (χ2n) is 4.99. The first-order chi connectivity index (χ1) is 10.6. The van der Waals surface area contributed by atoms with Crippen molar-refractivity contribution in [2.24, 2.45) is 0 Å². The molecule has 2 heterocycles. The molecule has 1 saturated heterocycles. The number of nitrogens with zero attached hydrogens (tertiary/aromatic N) is 2. The fourth-order valence-corrected chi connectivity index (χ4v) is 4.56. The van der Waals surface area contributed by atoms with Crippen molar-refractivity contribution in [3.05, 3.63) is 52.7 Å². The number of benzene rings is 1. The van der Waals surface area contributed by atoms with Gasteiger partial charge in [0.15, 0.2) is 0 Å². The van der Waals surface area contributed by atoms with E-state index in [1.165, 1.54) is 15.6 Å². The molecule has 0 unspecified atom stereocenters. The molecule has 1 aromatic carbocycles. The molecule has 0 spiro atoms. The van der Waals surface area contributed by atoms with Crippen molar-refractivity contribution in [1.29, 1.82) is 0 Å². The molecule has 7 heteroatoms. The summed E-state index contributed by atoms with van der Waals surface area (Å²) in [5, 5.41) is 1.86. The Bertz CT molecular complexity index is 734. The highest BCUT2D eigenvalue weighted by molar-refractivity contribution is 7.89. The van der Waals surface area contributed by atoms with Gasteiger partial charge in [-0.25, -0.2) is 8.42 Å². The number of hydrogen-bond acceptors (Lipinski definition) is 4. The molecule has 3 rings (SSSR count). The molecule has 1 aromatic heterocycles. The minimum Gasteiger partial charge on any atom is -0.335 e. The molecule has 0 bridgehead atoms. The summed E-state index contributed by atoms with van der Waals surface area (Å²) >= 11 is 1.40. The van der Waals surface area contributed by atoms with Gasteiger partial charge in [-0.2, -0.15) is 4.31 Å². The number of carbonyl (C=O) groups is 1. The second kappa shape index (κ2) is 6.20. The Balaban J connectivity index is 1.68. The van der Waals surface area contributed by atoms with E-state index in [1.54, 1.807) is 41.3 Å². The van der Waals surface area contributed by atoms with E-state index in [-0.39, 0.29) is 5.91 Å². The molecule has 22 heavy (non-hydrogen) atoms. The number of amides is 1. The molecule has 0 radical (unpaired) electrons. The molecule has 0 aliphatic carbocycles. The maximum atomic E-state index is 12.5. The number of piperazine rings is 1. The number of thiophene rings is 1. The van der Waals surface area contributed by atoms with Crippen LogP contribution in [0.15, 0.2) is 52.7 Å². The van der Waals surface area contributed by atoms with Crippen molar-refractivity contribution in [1.82, 2.24) is 9.21 Å². The van der Waals surface area contributed by atoms with Gasteiger partial charge in [0.2, 0.25) is 10.0 Å². The predicted molar refractivity (Wildman–Crippen MR) is 85.4 cm³/mol. The van der Waals surface area contributed by atoms with Gasteiger partial charge in [0.1, 0.15) is 0 Å². The van der Waals surface area contributed by atoms with Gasteiger partial charge < -0.3 is 4.90 Å². The van der Waals surface area contributed by atoms with Gasteiger partial charge in [0, 0.05) is 26.2 Å². The Morgan fingerprint density at radius 1 is 0.955 bits per heavy atom. The molecule has 0 saturated carbocycles. The molecule has 1 aliphatic rings. The van der Waals surface area contributed by atoms with Crippen molar-refractivity contribution in [3.8, 4) is 0 Å². The molecule has 1 fully saturated rings. The van der Waals surface area contributed by atoms with Crippen LogP contribution in [-0.2, 0) is 10.0 Å². The minimum atomic E-state index is -3.47. The van der Waals surface area contributed by atoms with Gasteiger partial charge in [-0.15, -0.1) is 11.3 Å². The largest absolute Gasteiger partial charge is 0.335 e. The van der Waals surface area contributed by atoms with Gasteiger partial charge in [-0.1, -0.05) is 24.3 Å². The quantitative estimate of drug-likeness (QED) is 0.860. The monoisotopic (exact) mass is 336 g/mol. The maximum Gasteiger partial charge on any atom is 0.264 e. The van der Waals surface area contributed by atoms with E-state index in [0.29, 0.717) is 36.0 Å². The van der Waals surface area contributed by atoms with E-state index >= 15 is 0 Å². The smallest absolute Gasteiger partial charge is 0.264 e. The molecule has 2 aromatic rings. The first-order valence-corrected chi connectivity index (χ1v) is 9.29. The zero-order valence-electron chi connectivity index (χ0n) is 11.9. The summed E-state index contributed by atoms with van der Waals surface area (Å²) in [4.78, 5) is 15.0. The van der Waals surface area contributed by atoms with Gasteiger partial charge in [-0.05, 0) is 23.6 Å². The number of carbonyl (C=O) groups excluding carboxylic acids is 1. The lowest BCUT2D eigenvalue weighted by Crippen LogP contribution is -2.50. The highest BCUT2D eigenvalue weighted by Gasteiger charge is 2.30. The number of hydrogen-bond donors (Lipinski definition) is 0. The van der Waals surface area contributed by atoms with Crippen LogP contribution in [0.2, 0.25) is 0 Å². The Labute approximate surface area is 133 Å². The van der Waals surface area contributed by atoms with Crippen molar-refractivity contribution < 1.29 is 13.2 Å². The van der Waals surface area contributed by atoms with E-state index in [2.05, 4.69) is 0 Å². The number of sulfonamides is 1. The van der Waals surface area contributed by atoms with E-state index in [4.69, 9.17) is 0 Å². The van der Waals surface area contributed by atoms with Crippen LogP contribution in [0, 0.1) is 0 Å². The van der Waals surface area contributed by atoms with Crippen LogP contribution >= 0.6 is 11.3 Å². The lowest BCUT2D eigenvalue weighted by atomic mass is 10.3. The van der Waals surface area contributed by atoms with Crippen LogP contribution in [0.4, 0.5) is 0 Å². The zero-order valence-corrected chi connectivity index (χ0v) is 13.5. The third kappa shape index (κ3) is 2.92. The molecular formula is C15H16N2O3S2. The topological polar surface area (TPSA) is 57.7 Å². The van der Waals surface area contributed by atoms with Gasteiger partial charge in [0.05, 0.1) is 9.77 Å². The molecule has 116 valence electrons. The van der Waals surface area contributed by atoms with Crippen LogP contribution in [0.25, 0.3) is 0 Å². The summed E-state index contributed by atoms with van der Waals surface area (Å²) in [7, 11) is -3.47. The Hall–Kier alpha value is -1.70. The molecular weight excluding hydrogens is 320 g/mol. The maximum absolute atomic E-state index is 12.5. The van der Waals surface area contributed by atoms with E-state index in [0.717, 1.165) is 0 Å². The highest BCUT2D eigenvalue weighted by Crippen LogP contribution is 2.19. The summed E-state index contributed by atoms with van der Waals surface area (Å²) in [6, 6.07) is 12.0. The van der Waals surface area contributed by atoms with E-state index in [1.807, 2.05) is 11.4 Å². The SMILES string of the molecule is O=C(c1cccs1)N1CCN(S(=O)(=O)c2ccccc2)CC1. The van der Waals surface area contributed by atoms with Gasteiger partial charge in [0.25, 0.3) is 5.91 Å². The van der Waals surface area contributed by atoms with Gasteiger partial charge in [-0.3, -0.25) is 4.79 Å². The molecule has 1 amide bonds. The molecule has 0 atom stereocenters. The fraction of sp³-hybridized carbons (Fsp3) is 0.267. The Morgan fingerprint density at radius 3 is 2.23 bits per heavy atom. The number of rotatable bonds is 3.